The third-order valence-corrected chi connectivity index (χ3v) is 8.40. The number of benzene rings is 3. The quantitative estimate of drug-likeness (QED) is 0.202. The molecule has 0 spiro atoms. The van der Waals surface area contributed by atoms with E-state index in [0.717, 1.165) is 49.2 Å². The SMILES string of the molecule is COc1cc(NC(=O)OCCCc2ccc(-c3ccccc3)c(N(C(=O)O)C3CN4CCC3CC4)c2)c(Cl)cc1C=O. The molecule has 3 saturated heterocycles. The lowest BCUT2D eigenvalue weighted by atomic mass is 9.82. The molecule has 3 aromatic rings. The number of piperidine rings is 3. The van der Waals surface area contributed by atoms with Gasteiger partial charge in [0, 0.05) is 18.2 Å². The summed E-state index contributed by atoms with van der Waals surface area (Å²) in [6, 6.07) is 18.6. The Bertz CT molecular complexity index is 1440. The van der Waals surface area contributed by atoms with Crippen molar-refractivity contribution in [3.05, 3.63) is 76.8 Å². The molecule has 10 heteroatoms. The number of aryl methyl sites for hydroxylation is 1. The number of carbonyl (C=O) groups excluding carboxylic acids is 2. The Morgan fingerprint density at radius 1 is 1.12 bits per heavy atom. The second kappa shape index (κ2) is 13.3. The van der Waals surface area contributed by atoms with Crippen LogP contribution in [0.4, 0.5) is 21.0 Å². The van der Waals surface area contributed by atoms with Crippen LogP contribution >= 0.6 is 11.6 Å². The Labute approximate surface area is 250 Å². The fraction of sp³-hybridized carbons (Fsp3) is 0.344. The molecule has 3 aliphatic rings. The molecule has 0 aromatic heterocycles. The van der Waals surface area contributed by atoms with Crippen LogP contribution in [0.5, 0.6) is 5.75 Å². The maximum atomic E-state index is 12.8. The number of hydrogen-bond donors (Lipinski definition) is 2. The van der Waals surface area contributed by atoms with Crippen molar-refractivity contribution in [2.75, 3.05) is 43.6 Å². The number of ether oxygens (including phenoxy) is 2. The smallest absolute Gasteiger partial charge is 0.412 e. The maximum absolute atomic E-state index is 12.8. The van der Waals surface area contributed by atoms with E-state index >= 15 is 0 Å². The fourth-order valence-electron chi connectivity index (χ4n) is 5.96. The van der Waals surface area contributed by atoms with Crippen molar-refractivity contribution in [1.82, 2.24) is 4.90 Å². The van der Waals surface area contributed by atoms with Crippen LogP contribution in [0.15, 0.2) is 60.7 Å². The number of aldehydes is 1. The van der Waals surface area contributed by atoms with E-state index in [-0.39, 0.29) is 34.7 Å². The highest BCUT2D eigenvalue weighted by molar-refractivity contribution is 6.34. The van der Waals surface area contributed by atoms with Crippen LogP contribution in [0.3, 0.4) is 0 Å². The standard InChI is InChI=1S/C32H34ClN3O6/c1-41-30-18-27(26(33)17-24(30)20-37)34-31(38)42-15-5-6-21-9-10-25(22-7-3-2-4-8-22)28(16-21)36(32(39)40)29-19-35-13-11-23(29)12-14-35/h2-4,7-10,16-18,20,23,29H,5-6,11-15,19H2,1H3,(H,34,38)(H,39,40). The molecule has 2 N–H and O–H groups in total. The first-order valence-corrected chi connectivity index (χ1v) is 14.4. The van der Waals surface area contributed by atoms with Crippen molar-refractivity contribution in [1.29, 1.82) is 0 Å². The number of rotatable bonds is 10. The Hall–Kier alpha value is -4.08. The monoisotopic (exact) mass is 591 g/mol. The minimum atomic E-state index is -0.945. The summed E-state index contributed by atoms with van der Waals surface area (Å²) in [5.74, 6) is 0.626. The number of carboxylic acid groups (broad SMARTS) is 1. The maximum Gasteiger partial charge on any atom is 0.412 e. The van der Waals surface area contributed by atoms with Gasteiger partial charge in [-0.05, 0) is 68.0 Å². The average molecular weight is 592 g/mol. The summed E-state index contributed by atoms with van der Waals surface area (Å²) in [6.45, 7) is 2.94. The highest BCUT2D eigenvalue weighted by Gasteiger charge is 2.40. The third-order valence-electron chi connectivity index (χ3n) is 8.09. The molecular weight excluding hydrogens is 558 g/mol. The number of halogens is 1. The average Bonchev–Trinajstić information content (AvgIpc) is 3.01. The van der Waals surface area contributed by atoms with Crippen LogP contribution in [0.2, 0.25) is 5.02 Å². The second-order valence-electron chi connectivity index (χ2n) is 10.6. The van der Waals surface area contributed by atoms with Crippen molar-refractivity contribution in [3.63, 3.8) is 0 Å². The van der Waals surface area contributed by atoms with Gasteiger partial charge in [0.1, 0.15) is 5.75 Å². The van der Waals surface area contributed by atoms with Gasteiger partial charge in [-0.3, -0.25) is 15.0 Å². The molecule has 9 nitrogen and oxygen atoms in total. The van der Waals surface area contributed by atoms with E-state index in [4.69, 9.17) is 21.1 Å². The Kier molecular flexibility index (Phi) is 9.29. The molecule has 2 amide bonds. The van der Waals surface area contributed by atoms with Gasteiger partial charge in [-0.15, -0.1) is 0 Å². The van der Waals surface area contributed by atoms with Gasteiger partial charge in [0.15, 0.2) is 6.29 Å². The van der Waals surface area contributed by atoms with Gasteiger partial charge in [0.2, 0.25) is 0 Å². The molecule has 6 rings (SSSR count). The molecule has 3 heterocycles. The van der Waals surface area contributed by atoms with Crippen LogP contribution in [-0.4, -0.2) is 67.9 Å². The summed E-state index contributed by atoms with van der Waals surface area (Å²) >= 11 is 6.19. The summed E-state index contributed by atoms with van der Waals surface area (Å²) in [4.78, 5) is 40.3. The van der Waals surface area contributed by atoms with Gasteiger partial charge < -0.3 is 19.5 Å². The van der Waals surface area contributed by atoms with Crippen LogP contribution in [0, 0.1) is 5.92 Å². The Morgan fingerprint density at radius 2 is 1.88 bits per heavy atom. The third kappa shape index (κ3) is 6.53. The lowest BCUT2D eigenvalue weighted by molar-refractivity contribution is 0.0837. The second-order valence-corrected chi connectivity index (χ2v) is 11.0. The predicted molar refractivity (Wildman–Crippen MR) is 162 cm³/mol. The zero-order valence-electron chi connectivity index (χ0n) is 23.4. The molecule has 220 valence electrons. The Balaban J connectivity index is 1.28. The highest BCUT2D eigenvalue weighted by atomic mass is 35.5. The lowest BCUT2D eigenvalue weighted by Crippen LogP contribution is -2.59. The van der Waals surface area contributed by atoms with E-state index in [1.54, 1.807) is 4.90 Å². The minimum absolute atomic E-state index is 0.0965. The molecule has 2 bridgehead atoms. The molecule has 3 aromatic carbocycles. The number of nitrogens with one attached hydrogen (secondary N) is 1. The molecule has 1 atom stereocenters. The fourth-order valence-corrected chi connectivity index (χ4v) is 6.18. The molecule has 3 aliphatic heterocycles. The van der Waals surface area contributed by atoms with Gasteiger partial charge in [0.05, 0.1) is 41.7 Å². The molecule has 0 aliphatic carbocycles. The highest BCUT2D eigenvalue weighted by Crippen LogP contribution is 2.39. The summed E-state index contributed by atoms with van der Waals surface area (Å²) < 4.78 is 10.5. The predicted octanol–water partition coefficient (Wildman–Crippen LogP) is 6.59. The van der Waals surface area contributed by atoms with Crippen molar-refractivity contribution in [2.24, 2.45) is 5.92 Å². The van der Waals surface area contributed by atoms with E-state index in [1.807, 2.05) is 48.5 Å². The molecule has 0 saturated carbocycles. The lowest BCUT2D eigenvalue weighted by Gasteiger charge is -2.48. The van der Waals surface area contributed by atoms with Gasteiger partial charge in [-0.2, -0.15) is 0 Å². The number of methoxy groups -OCH3 is 1. The van der Waals surface area contributed by atoms with Crippen molar-refractivity contribution in [2.45, 2.75) is 31.7 Å². The number of hydrogen-bond acceptors (Lipinski definition) is 6. The molecule has 0 radical (unpaired) electrons. The Morgan fingerprint density at radius 3 is 2.52 bits per heavy atom. The first-order valence-electron chi connectivity index (χ1n) is 14.1. The minimum Gasteiger partial charge on any atom is -0.496 e. The van der Waals surface area contributed by atoms with Gasteiger partial charge in [-0.1, -0.05) is 54.1 Å². The summed E-state index contributed by atoms with van der Waals surface area (Å²) in [7, 11) is 1.42. The largest absolute Gasteiger partial charge is 0.496 e. The van der Waals surface area contributed by atoms with E-state index in [2.05, 4.69) is 10.2 Å². The number of amides is 2. The van der Waals surface area contributed by atoms with E-state index in [9.17, 15) is 19.5 Å². The van der Waals surface area contributed by atoms with Crippen molar-refractivity contribution < 1.29 is 29.0 Å². The van der Waals surface area contributed by atoms with E-state index in [0.29, 0.717) is 30.7 Å². The number of fused-ring (bicyclic) bond motifs is 3. The van der Waals surface area contributed by atoms with Crippen LogP contribution < -0.4 is 15.0 Å². The topological polar surface area (TPSA) is 108 Å². The van der Waals surface area contributed by atoms with Gasteiger partial charge in [0.25, 0.3) is 0 Å². The molecular formula is C32H34ClN3O6. The number of nitrogens with zero attached hydrogens (tertiary/aromatic N) is 2. The van der Waals surface area contributed by atoms with E-state index in [1.165, 1.54) is 19.2 Å². The zero-order valence-corrected chi connectivity index (χ0v) is 24.2. The van der Waals surface area contributed by atoms with Crippen molar-refractivity contribution in [3.8, 4) is 16.9 Å². The first-order chi connectivity index (χ1) is 20.4. The van der Waals surface area contributed by atoms with Crippen LogP contribution in [0.1, 0.15) is 35.2 Å². The number of carbonyl (C=O) groups is 3. The van der Waals surface area contributed by atoms with Crippen molar-refractivity contribution >= 4 is 41.4 Å². The zero-order chi connectivity index (χ0) is 29.6. The number of anilines is 2. The van der Waals surface area contributed by atoms with Crippen LogP contribution in [0.25, 0.3) is 11.1 Å². The van der Waals surface area contributed by atoms with Gasteiger partial charge in [-0.25, -0.2) is 9.59 Å². The van der Waals surface area contributed by atoms with Gasteiger partial charge >= 0.3 is 12.2 Å². The normalized spacial score (nSPS) is 19.1. The summed E-state index contributed by atoms with van der Waals surface area (Å²) in [6.07, 6.45) is 2.13. The molecule has 42 heavy (non-hydrogen) atoms. The summed E-state index contributed by atoms with van der Waals surface area (Å²) in [5, 5.41) is 13.2. The molecule has 1 unspecified atom stereocenters. The molecule has 3 fully saturated rings. The van der Waals surface area contributed by atoms with E-state index < -0.39 is 12.2 Å². The first kappa shape index (κ1) is 29.4. The summed E-state index contributed by atoms with van der Waals surface area (Å²) in [5.41, 5.74) is 4.02. The van der Waals surface area contributed by atoms with Crippen LogP contribution in [-0.2, 0) is 11.2 Å².